The molecule has 2 N–H and O–H groups in total. The molecule has 1 aromatic heterocycles. The number of hydrogen-bond donors (Lipinski definition) is 2. The predicted molar refractivity (Wildman–Crippen MR) is 84.7 cm³/mol. The zero-order chi connectivity index (χ0) is 15.4. The number of aromatic nitrogens is 1. The van der Waals surface area contributed by atoms with Gasteiger partial charge in [0.2, 0.25) is 5.91 Å². The summed E-state index contributed by atoms with van der Waals surface area (Å²) in [4.78, 5) is 14.3. The minimum absolute atomic E-state index is 0.00211. The third kappa shape index (κ3) is 4.81. The minimum Gasteiger partial charge on any atom is -0.360 e. The molecule has 2 heterocycles. The Labute approximate surface area is 131 Å². The van der Waals surface area contributed by atoms with Gasteiger partial charge in [-0.1, -0.05) is 5.16 Å². The number of nitrogens with zero attached hydrogens (tertiary/aromatic N) is 2. The van der Waals surface area contributed by atoms with Gasteiger partial charge in [-0.2, -0.15) is 0 Å². The molecule has 0 bridgehead atoms. The SMILES string of the molecule is Cc1cc(NC(=O)CCN2CCC(NCC3CC3)CC2)no1. The lowest BCUT2D eigenvalue weighted by Crippen LogP contribution is -2.43. The van der Waals surface area contributed by atoms with Crippen LogP contribution in [0.25, 0.3) is 0 Å². The zero-order valence-corrected chi connectivity index (χ0v) is 13.3. The molecule has 1 amide bonds. The fraction of sp³-hybridized carbons (Fsp3) is 0.750. The number of nitrogens with one attached hydrogen (secondary N) is 2. The number of rotatable bonds is 7. The van der Waals surface area contributed by atoms with Crippen molar-refractivity contribution in [3.05, 3.63) is 11.8 Å². The molecule has 1 aromatic rings. The summed E-state index contributed by atoms with van der Waals surface area (Å²) in [5, 5.41) is 10.2. The van der Waals surface area contributed by atoms with E-state index in [4.69, 9.17) is 4.52 Å². The molecule has 2 fully saturated rings. The van der Waals surface area contributed by atoms with Gasteiger partial charge in [-0.3, -0.25) is 4.79 Å². The Bertz CT molecular complexity index is 490. The number of piperidine rings is 1. The van der Waals surface area contributed by atoms with Crippen LogP contribution in [-0.4, -0.2) is 48.2 Å². The second kappa shape index (κ2) is 7.24. The Kier molecular flexibility index (Phi) is 5.10. The van der Waals surface area contributed by atoms with Crippen molar-refractivity contribution in [2.75, 3.05) is 31.5 Å². The first-order chi connectivity index (χ1) is 10.7. The van der Waals surface area contributed by atoms with Crippen molar-refractivity contribution in [3.63, 3.8) is 0 Å². The fourth-order valence-electron chi connectivity index (χ4n) is 2.91. The standard InChI is InChI=1S/C16H26N4O2/c1-12-10-15(19-22-12)18-16(21)6-9-20-7-4-14(5-8-20)17-11-13-2-3-13/h10,13-14,17H,2-9,11H2,1H3,(H,18,19,21). The van der Waals surface area contributed by atoms with Crippen LogP contribution in [0.15, 0.2) is 10.6 Å². The zero-order valence-electron chi connectivity index (χ0n) is 13.3. The van der Waals surface area contributed by atoms with E-state index in [1.54, 1.807) is 6.07 Å². The molecule has 1 saturated heterocycles. The molecule has 122 valence electrons. The van der Waals surface area contributed by atoms with Crippen LogP contribution in [0.4, 0.5) is 5.82 Å². The van der Waals surface area contributed by atoms with Crippen molar-refractivity contribution in [1.82, 2.24) is 15.4 Å². The van der Waals surface area contributed by atoms with Gasteiger partial charge >= 0.3 is 0 Å². The molecule has 1 aliphatic heterocycles. The fourth-order valence-corrected chi connectivity index (χ4v) is 2.91. The summed E-state index contributed by atoms with van der Waals surface area (Å²) in [5.41, 5.74) is 0. The van der Waals surface area contributed by atoms with Crippen molar-refractivity contribution in [2.24, 2.45) is 5.92 Å². The first kappa shape index (κ1) is 15.5. The Balaban J connectivity index is 1.29. The molecule has 1 aliphatic carbocycles. The summed E-state index contributed by atoms with van der Waals surface area (Å²) >= 11 is 0. The third-order valence-electron chi connectivity index (χ3n) is 4.53. The van der Waals surface area contributed by atoms with Crippen LogP contribution in [0.5, 0.6) is 0 Å². The van der Waals surface area contributed by atoms with Crippen LogP contribution in [0.2, 0.25) is 0 Å². The van der Waals surface area contributed by atoms with Gasteiger partial charge in [-0.25, -0.2) is 0 Å². The summed E-state index contributed by atoms with van der Waals surface area (Å²) in [6, 6.07) is 2.40. The normalized spacial score (nSPS) is 20.2. The molecule has 0 spiro atoms. The number of hydrogen-bond acceptors (Lipinski definition) is 5. The van der Waals surface area contributed by atoms with Crippen LogP contribution < -0.4 is 10.6 Å². The van der Waals surface area contributed by atoms with Crippen molar-refractivity contribution < 1.29 is 9.32 Å². The summed E-state index contributed by atoms with van der Waals surface area (Å²) < 4.78 is 4.93. The van der Waals surface area contributed by atoms with Crippen LogP contribution in [-0.2, 0) is 4.79 Å². The van der Waals surface area contributed by atoms with E-state index < -0.39 is 0 Å². The Morgan fingerprint density at radius 2 is 2.14 bits per heavy atom. The minimum atomic E-state index is 0.00211. The van der Waals surface area contributed by atoms with Crippen molar-refractivity contribution in [1.29, 1.82) is 0 Å². The Morgan fingerprint density at radius 3 is 2.77 bits per heavy atom. The molecular formula is C16H26N4O2. The van der Waals surface area contributed by atoms with Crippen molar-refractivity contribution >= 4 is 11.7 Å². The summed E-state index contributed by atoms with van der Waals surface area (Å²) in [7, 11) is 0. The van der Waals surface area contributed by atoms with Crippen LogP contribution in [0.1, 0.15) is 37.9 Å². The highest BCUT2D eigenvalue weighted by Gasteiger charge is 2.24. The smallest absolute Gasteiger partial charge is 0.226 e. The van der Waals surface area contributed by atoms with Crippen molar-refractivity contribution in [2.45, 2.75) is 45.1 Å². The van der Waals surface area contributed by atoms with E-state index >= 15 is 0 Å². The van der Waals surface area contributed by atoms with E-state index in [1.807, 2.05) is 6.92 Å². The highest BCUT2D eigenvalue weighted by molar-refractivity contribution is 5.89. The lowest BCUT2D eigenvalue weighted by Gasteiger charge is -2.32. The maximum absolute atomic E-state index is 11.9. The largest absolute Gasteiger partial charge is 0.360 e. The van der Waals surface area contributed by atoms with E-state index in [-0.39, 0.29) is 5.91 Å². The molecule has 22 heavy (non-hydrogen) atoms. The summed E-state index contributed by atoms with van der Waals surface area (Å²) in [6.07, 6.45) is 5.71. The van der Waals surface area contributed by atoms with E-state index in [1.165, 1.54) is 32.2 Å². The number of carbonyl (C=O) groups excluding carboxylic acids is 1. The quantitative estimate of drug-likeness (QED) is 0.803. The average Bonchev–Trinajstić information content (AvgIpc) is 3.26. The van der Waals surface area contributed by atoms with Crippen molar-refractivity contribution in [3.8, 4) is 0 Å². The highest BCUT2D eigenvalue weighted by atomic mass is 16.5. The van der Waals surface area contributed by atoms with Gasteiger partial charge in [0.15, 0.2) is 5.82 Å². The molecule has 0 atom stereocenters. The van der Waals surface area contributed by atoms with E-state index in [2.05, 4.69) is 20.7 Å². The van der Waals surface area contributed by atoms with Gasteiger partial charge in [0.05, 0.1) is 0 Å². The third-order valence-corrected chi connectivity index (χ3v) is 4.53. The number of likely N-dealkylation sites (tertiary alicyclic amines) is 1. The molecule has 1 saturated carbocycles. The molecule has 0 unspecified atom stereocenters. The number of carbonyl (C=O) groups is 1. The first-order valence-electron chi connectivity index (χ1n) is 8.38. The van der Waals surface area contributed by atoms with E-state index in [0.29, 0.717) is 24.0 Å². The number of anilines is 1. The van der Waals surface area contributed by atoms with E-state index in [0.717, 1.165) is 25.6 Å². The summed E-state index contributed by atoms with van der Waals surface area (Å²) in [6.45, 7) is 5.99. The topological polar surface area (TPSA) is 70.4 Å². The van der Waals surface area contributed by atoms with Gasteiger partial charge in [-0.05, 0) is 58.2 Å². The second-order valence-electron chi connectivity index (χ2n) is 6.59. The van der Waals surface area contributed by atoms with Crippen LogP contribution in [0.3, 0.4) is 0 Å². The molecular weight excluding hydrogens is 280 g/mol. The van der Waals surface area contributed by atoms with E-state index in [9.17, 15) is 4.79 Å². The predicted octanol–water partition coefficient (Wildman–Crippen LogP) is 1.78. The second-order valence-corrected chi connectivity index (χ2v) is 6.59. The lowest BCUT2D eigenvalue weighted by molar-refractivity contribution is -0.116. The molecule has 3 rings (SSSR count). The van der Waals surface area contributed by atoms with Crippen LogP contribution in [0, 0.1) is 12.8 Å². The molecule has 6 heteroatoms. The summed E-state index contributed by atoms with van der Waals surface area (Å²) in [5.74, 6) is 2.16. The molecule has 6 nitrogen and oxygen atoms in total. The van der Waals surface area contributed by atoms with Gasteiger partial charge in [0, 0.05) is 25.1 Å². The first-order valence-corrected chi connectivity index (χ1v) is 8.38. The molecule has 0 aromatic carbocycles. The van der Waals surface area contributed by atoms with Gasteiger partial charge < -0.3 is 20.1 Å². The number of aryl methyl sites for hydroxylation is 1. The average molecular weight is 306 g/mol. The highest BCUT2D eigenvalue weighted by Crippen LogP contribution is 2.28. The maximum Gasteiger partial charge on any atom is 0.226 e. The number of amides is 1. The molecule has 0 radical (unpaired) electrons. The van der Waals surface area contributed by atoms with Gasteiger partial charge in [-0.15, -0.1) is 0 Å². The monoisotopic (exact) mass is 306 g/mol. The lowest BCUT2D eigenvalue weighted by atomic mass is 10.0. The van der Waals surface area contributed by atoms with Crippen LogP contribution >= 0.6 is 0 Å². The Morgan fingerprint density at radius 1 is 1.36 bits per heavy atom. The van der Waals surface area contributed by atoms with Gasteiger partial charge in [0.1, 0.15) is 5.76 Å². The Hall–Kier alpha value is -1.40. The molecule has 2 aliphatic rings. The van der Waals surface area contributed by atoms with Gasteiger partial charge in [0.25, 0.3) is 0 Å². The maximum atomic E-state index is 11.9.